The zero-order valence-electron chi connectivity index (χ0n) is 18.8. The van der Waals surface area contributed by atoms with E-state index in [9.17, 15) is 8.78 Å². The van der Waals surface area contributed by atoms with Gasteiger partial charge in [-0.25, -0.2) is 18.4 Å². The average Bonchev–Trinajstić information content (AvgIpc) is 3.15. The minimum absolute atomic E-state index is 0.0946. The number of hydrogen-bond donors (Lipinski definition) is 3. The lowest BCUT2D eigenvalue weighted by atomic mass is 9.82. The molecule has 1 fully saturated rings. The quantitative estimate of drug-likeness (QED) is 0.357. The van der Waals surface area contributed by atoms with Crippen LogP contribution in [0.2, 0.25) is 0 Å². The fourth-order valence-corrected chi connectivity index (χ4v) is 5.33. The Morgan fingerprint density at radius 1 is 1.03 bits per heavy atom. The topological polar surface area (TPSA) is 93.6 Å². The number of carboxylic acids is 2. The van der Waals surface area contributed by atoms with Crippen LogP contribution >= 0.6 is 0 Å². The number of aliphatic carboxylic acids is 2. The van der Waals surface area contributed by atoms with Gasteiger partial charge in [-0.1, -0.05) is 18.2 Å². The molecular formula is C26H28F2N2O4. The van der Waals surface area contributed by atoms with Crippen molar-refractivity contribution >= 4 is 22.8 Å². The third-order valence-corrected chi connectivity index (χ3v) is 6.79. The molecule has 2 bridgehead atoms. The molecule has 0 amide bonds. The number of piperidine rings is 1. The van der Waals surface area contributed by atoms with Gasteiger partial charge in [0, 0.05) is 35.1 Å². The molecule has 0 aliphatic carbocycles. The summed E-state index contributed by atoms with van der Waals surface area (Å²) in [5.41, 5.74) is 4.49. The van der Waals surface area contributed by atoms with Gasteiger partial charge in [-0.3, -0.25) is 4.90 Å². The van der Waals surface area contributed by atoms with Crippen LogP contribution in [-0.4, -0.2) is 44.6 Å². The van der Waals surface area contributed by atoms with Gasteiger partial charge in [0.15, 0.2) is 0 Å². The molecular weight excluding hydrogens is 442 g/mol. The minimum atomic E-state index is -1.82. The van der Waals surface area contributed by atoms with Crippen LogP contribution in [0, 0.1) is 11.6 Å². The van der Waals surface area contributed by atoms with Crippen LogP contribution in [0.3, 0.4) is 0 Å². The summed E-state index contributed by atoms with van der Waals surface area (Å²) in [7, 11) is 0. The predicted octanol–water partition coefficient (Wildman–Crippen LogP) is 5.08. The molecule has 2 aromatic carbocycles. The molecule has 2 aliphatic rings. The Bertz CT molecular complexity index is 1180. The molecule has 1 saturated heterocycles. The number of hydrogen-bond acceptors (Lipinski definition) is 3. The third kappa shape index (κ3) is 5.12. The number of nitrogens with zero attached hydrogens (tertiary/aromatic N) is 1. The molecule has 2 aliphatic heterocycles. The molecule has 3 N–H and O–H groups in total. The molecule has 8 heteroatoms. The first-order valence-corrected chi connectivity index (χ1v) is 11.6. The van der Waals surface area contributed by atoms with E-state index in [-0.39, 0.29) is 11.6 Å². The number of nitrogens with one attached hydrogen (secondary N) is 1. The number of rotatable bonds is 5. The van der Waals surface area contributed by atoms with Crippen molar-refractivity contribution in [3.63, 3.8) is 0 Å². The summed E-state index contributed by atoms with van der Waals surface area (Å²) in [5.74, 6) is -3.91. The van der Waals surface area contributed by atoms with Gasteiger partial charge in [-0.15, -0.1) is 0 Å². The van der Waals surface area contributed by atoms with E-state index in [1.54, 1.807) is 18.2 Å². The van der Waals surface area contributed by atoms with Crippen LogP contribution in [0.25, 0.3) is 10.9 Å². The van der Waals surface area contributed by atoms with E-state index in [1.807, 2.05) is 18.2 Å². The van der Waals surface area contributed by atoms with Crippen LogP contribution in [-0.2, 0) is 22.4 Å². The number of aromatic nitrogens is 1. The first-order chi connectivity index (χ1) is 16.3. The summed E-state index contributed by atoms with van der Waals surface area (Å²) in [5, 5.41) is 15.8. The molecule has 0 radical (unpaired) electrons. The third-order valence-electron chi connectivity index (χ3n) is 6.79. The molecule has 3 heterocycles. The molecule has 2 unspecified atom stereocenters. The fourth-order valence-electron chi connectivity index (χ4n) is 5.33. The molecule has 5 rings (SSSR count). The van der Waals surface area contributed by atoms with Gasteiger partial charge in [0.05, 0.1) is 0 Å². The van der Waals surface area contributed by atoms with E-state index in [2.05, 4.69) is 9.88 Å². The fraction of sp³-hybridized carbons (Fsp3) is 0.385. The van der Waals surface area contributed by atoms with Crippen molar-refractivity contribution in [3.8, 4) is 0 Å². The Balaban J connectivity index is 0.000000408. The number of carbonyl (C=O) groups is 2. The van der Waals surface area contributed by atoms with Crippen LogP contribution in [0.4, 0.5) is 8.78 Å². The maximum Gasteiger partial charge on any atom is 0.414 e. The standard InChI is InChI=1S/C24H26F2N2.C2H2O4/c25-17-11-12-21-19(14-17)24-22(27-21)15-18-8-5-10-23(24)28(18)13-4-3-7-16-6-1-2-9-20(16)26;3-1(4)2(5)6/h1-2,6,9,11-12,14,18,23,27H,3-5,7-8,10,13,15H2;(H,3,4)(H,5,6). The monoisotopic (exact) mass is 470 g/mol. The van der Waals surface area contributed by atoms with Gasteiger partial charge in [0.2, 0.25) is 0 Å². The van der Waals surface area contributed by atoms with Crippen molar-refractivity contribution < 1.29 is 28.6 Å². The van der Waals surface area contributed by atoms with Crippen molar-refractivity contribution in [2.24, 2.45) is 0 Å². The zero-order valence-corrected chi connectivity index (χ0v) is 18.8. The Labute approximate surface area is 196 Å². The summed E-state index contributed by atoms with van der Waals surface area (Å²) in [6.45, 7) is 1.03. The Hall–Kier alpha value is -3.26. The second kappa shape index (κ2) is 10.3. The number of aryl methyl sites for hydroxylation is 1. The first kappa shape index (κ1) is 23.9. The van der Waals surface area contributed by atoms with Gasteiger partial charge in [0.25, 0.3) is 0 Å². The van der Waals surface area contributed by atoms with Crippen LogP contribution in [0.1, 0.15) is 55.0 Å². The highest BCUT2D eigenvalue weighted by molar-refractivity contribution is 6.27. The Morgan fingerprint density at radius 2 is 1.79 bits per heavy atom. The lowest BCUT2D eigenvalue weighted by molar-refractivity contribution is -0.159. The van der Waals surface area contributed by atoms with E-state index in [0.29, 0.717) is 12.1 Å². The maximum absolute atomic E-state index is 13.9. The van der Waals surface area contributed by atoms with Crippen LogP contribution < -0.4 is 0 Å². The van der Waals surface area contributed by atoms with E-state index in [0.717, 1.165) is 55.1 Å². The number of fused-ring (bicyclic) bond motifs is 6. The van der Waals surface area contributed by atoms with Crippen molar-refractivity contribution in [3.05, 3.63) is 70.9 Å². The van der Waals surface area contributed by atoms with Gasteiger partial charge in [0.1, 0.15) is 11.6 Å². The maximum atomic E-state index is 13.9. The summed E-state index contributed by atoms with van der Waals surface area (Å²) < 4.78 is 27.7. The number of aromatic amines is 1. The number of carboxylic acid groups (broad SMARTS) is 2. The second-order valence-electron chi connectivity index (χ2n) is 8.91. The molecule has 2 atom stereocenters. The van der Waals surface area contributed by atoms with Crippen molar-refractivity contribution in [1.82, 2.24) is 9.88 Å². The number of unbranched alkanes of at least 4 members (excludes halogenated alkanes) is 1. The van der Waals surface area contributed by atoms with E-state index >= 15 is 0 Å². The summed E-state index contributed by atoms with van der Waals surface area (Å²) >= 11 is 0. The van der Waals surface area contributed by atoms with E-state index in [1.165, 1.54) is 30.2 Å². The highest BCUT2D eigenvalue weighted by Crippen LogP contribution is 2.45. The molecule has 0 saturated carbocycles. The van der Waals surface area contributed by atoms with Gasteiger partial charge < -0.3 is 15.2 Å². The second-order valence-corrected chi connectivity index (χ2v) is 8.91. The smallest absolute Gasteiger partial charge is 0.414 e. The van der Waals surface area contributed by atoms with Crippen molar-refractivity contribution in [1.29, 1.82) is 0 Å². The molecule has 0 spiro atoms. The SMILES string of the molecule is Fc1ccc2[nH]c3c(c2c1)C1CCCC(C3)N1CCCCc1ccccc1F.O=C(O)C(=O)O. The lowest BCUT2D eigenvalue weighted by Gasteiger charge is -2.46. The Kier molecular flexibility index (Phi) is 7.26. The van der Waals surface area contributed by atoms with E-state index < -0.39 is 11.9 Å². The summed E-state index contributed by atoms with van der Waals surface area (Å²) in [4.78, 5) is 24.4. The van der Waals surface area contributed by atoms with Crippen molar-refractivity contribution in [2.45, 2.75) is 57.0 Å². The van der Waals surface area contributed by atoms with Gasteiger partial charge >= 0.3 is 11.9 Å². The Morgan fingerprint density at radius 3 is 2.53 bits per heavy atom. The van der Waals surface area contributed by atoms with Crippen LogP contribution in [0.15, 0.2) is 42.5 Å². The molecule has 180 valence electrons. The van der Waals surface area contributed by atoms with Crippen molar-refractivity contribution in [2.75, 3.05) is 6.54 Å². The van der Waals surface area contributed by atoms with Gasteiger partial charge in [-0.2, -0.15) is 0 Å². The average molecular weight is 471 g/mol. The summed E-state index contributed by atoms with van der Waals surface area (Å²) in [6, 6.07) is 13.1. The minimum Gasteiger partial charge on any atom is -0.473 e. The normalized spacial score (nSPS) is 19.2. The molecule has 34 heavy (non-hydrogen) atoms. The molecule has 6 nitrogen and oxygen atoms in total. The highest BCUT2D eigenvalue weighted by atomic mass is 19.1. The van der Waals surface area contributed by atoms with Crippen LogP contribution in [0.5, 0.6) is 0 Å². The van der Waals surface area contributed by atoms with E-state index in [4.69, 9.17) is 19.8 Å². The zero-order chi connectivity index (χ0) is 24.2. The molecule has 1 aromatic heterocycles. The number of halogens is 2. The lowest BCUT2D eigenvalue weighted by Crippen LogP contribution is -2.46. The highest BCUT2D eigenvalue weighted by Gasteiger charge is 2.38. The largest absolute Gasteiger partial charge is 0.473 e. The predicted molar refractivity (Wildman–Crippen MR) is 124 cm³/mol. The first-order valence-electron chi connectivity index (χ1n) is 11.6. The summed E-state index contributed by atoms with van der Waals surface area (Å²) in [6.07, 6.45) is 7.48. The number of benzene rings is 2. The van der Waals surface area contributed by atoms with Gasteiger partial charge in [-0.05, 0) is 80.5 Å². The number of H-pyrrole nitrogens is 1. The molecule has 3 aromatic rings.